The van der Waals surface area contributed by atoms with Crippen molar-refractivity contribution >= 4 is 29.1 Å². The van der Waals surface area contributed by atoms with Crippen LogP contribution in [0.15, 0.2) is 24.3 Å². The van der Waals surface area contributed by atoms with E-state index in [0.29, 0.717) is 18.9 Å². The summed E-state index contributed by atoms with van der Waals surface area (Å²) < 4.78 is 50.0. The van der Waals surface area contributed by atoms with E-state index in [1.807, 2.05) is 18.7 Å². The number of benzene rings is 1. The summed E-state index contributed by atoms with van der Waals surface area (Å²) >= 11 is 6.12. The largest absolute Gasteiger partial charge is 0.497 e. The molecule has 152 valence electrons. The number of alkyl halides is 3. The maximum absolute atomic E-state index is 13.1. The molecule has 1 aliphatic rings. The molecule has 1 saturated heterocycles. The molecule has 2 atom stereocenters. The fourth-order valence-electron chi connectivity index (χ4n) is 3.07. The van der Waals surface area contributed by atoms with Crippen LogP contribution in [-0.2, 0) is 10.9 Å². The lowest BCUT2D eigenvalue weighted by Crippen LogP contribution is -2.45. The minimum Gasteiger partial charge on any atom is -0.497 e. The van der Waals surface area contributed by atoms with Crippen molar-refractivity contribution in [2.45, 2.75) is 32.2 Å². The lowest BCUT2D eigenvalue weighted by atomic mass is 10.2. The number of methoxy groups -OCH3 is 1. The van der Waals surface area contributed by atoms with E-state index in [1.165, 1.54) is 13.2 Å². The molecule has 28 heavy (non-hydrogen) atoms. The highest BCUT2D eigenvalue weighted by Gasteiger charge is 2.31. The third kappa shape index (κ3) is 4.96. The number of nitrogens with zero attached hydrogens (tertiary/aromatic N) is 3. The Kier molecular flexibility index (Phi) is 5.85. The van der Waals surface area contributed by atoms with Gasteiger partial charge in [-0.25, -0.2) is 4.98 Å². The fraction of sp³-hybridized carbons (Fsp3) is 0.444. The van der Waals surface area contributed by atoms with E-state index >= 15 is 0 Å². The summed E-state index contributed by atoms with van der Waals surface area (Å²) in [5.74, 6) is 0.731. The Bertz CT molecular complexity index is 840. The molecule has 1 aliphatic heterocycles. The molecule has 0 saturated carbocycles. The quantitative estimate of drug-likeness (QED) is 0.740. The summed E-state index contributed by atoms with van der Waals surface area (Å²) in [5.41, 5.74) is -0.698. The van der Waals surface area contributed by atoms with Gasteiger partial charge in [0.1, 0.15) is 16.7 Å². The zero-order chi connectivity index (χ0) is 20.5. The first-order valence-electron chi connectivity index (χ1n) is 8.62. The molecule has 0 aliphatic carbocycles. The van der Waals surface area contributed by atoms with Crippen molar-refractivity contribution in [1.29, 1.82) is 0 Å². The van der Waals surface area contributed by atoms with Gasteiger partial charge in [-0.3, -0.25) is 0 Å². The molecule has 3 rings (SSSR count). The zero-order valence-electron chi connectivity index (χ0n) is 15.5. The van der Waals surface area contributed by atoms with Crippen molar-refractivity contribution in [3.05, 3.63) is 35.0 Å². The van der Waals surface area contributed by atoms with Crippen LogP contribution in [0.5, 0.6) is 5.75 Å². The first-order chi connectivity index (χ1) is 13.1. The molecular weight excluding hydrogens is 397 g/mol. The van der Waals surface area contributed by atoms with Crippen LogP contribution < -0.4 is 15.0 Å². The molecule has 2 heterocycles. The summed E-state index contributed by atoms with van der Waals surface area (Å²) in [6.45, 7) is 5.15. The SMILES string of the molecule is COc1cc(Nc2nc(Cl)cc(N3C[C@@H](C)O[C@@H](C)C3)n2)cc(C(F)(F)F)c1. The van der Waals surface area contributed by atoms with E-state index < -0.39 is 11.7 Å². The molecule has 1 N–H and O–H groups in total. The van der Waals surface area contributed by atoms with Crippen LogP contribution in [0.2, 0.25) is 5.15 Å². The smallest absolute Gasteiger partial charge is 0.416 e. The molecule has 1 aromatic carbocycles. The van der Waals surface area contributed by atoms with Crippen molar-refractivity contribution in [2.75, 3.05) is 30.4 Å². The summed E-state index contributed by atoms with van der Waals surface area (Å²) in [6, 6.07) is 4.93. The van der Waals surface area contributed by atoms with Gasteiger partial charge < -0.3 is 19.7 Å². The summed E-state index contributed by atoms with van der Waals surface area (Å²) in [4.78, 5) is 10.5. The highest BCUT2D eigenvalue weighted by atomic mass is 35.5. The van der Waals surface area contributed by atoms with E-state index in [0.717, 1.165) is 12.1 Å². The van der Waals surface area contributed by atoms with Crippen molar-refractivity contribution in [1.82, 2.24) is 9.97 Å². The molecule has 0 spiro atoms. The fourth-order valence-corrected chi connectivity index (χ4v) is 3.25. The van der Waals surface area contributed by atoms with Crippen molar-refractivity contribution < 1.29 is 22.6 Å². The second kappa shape index (κ2) is 8.00. The lowest BCUT2D eigenvalue weighted by Gasteiger charge is -2.36. The first-order valence-corrected chi connectivity index (χ1v) is 9.00. The van der Waals surface area contributed by atoms with Crippen LogP contribution in [-0.4, -0.2) is 42.4 Å². The van der Waals surface area contributed by atoms with E-state index in [4.69, 9.17) is 21.1 Å². The van der Waals surface area contributed by atoms with Gasteiger partial charge >= 0.3 is 6.18 Å². The number of ether oxygens (including phenoxy) is 2. The monoisotopic (exact) mass is 416 g/mol. The highest BCUT2D eigenvalue weighted by Crippen LogP contribution is 2.35. The van der Waals surface area contributed by atoms with Crippen molar-refractivity contribution in [2.24, 2.45) is 0 Å². The standard InChI is InChI=1S/C18H20ClF3N4O2/c1-10-8-26(9-11(2)28-10)16-7-15(19)24-17(25-16)23-13-4-12(18(20,21)22)5-14(6-13)27-3/h4-7,10-11H,8-9H2,1-3H3,(H,23,24,25)/t10-,11+. The number of morpholine rings is 1. The molecule has 2 aromatic rings. The number of hydrogen-bond acceptors (Lipinski definition) is 6. The van der Waals surface area contributed by atoms with Gasteiger partial charge in [-0.2, -0.15) is 18.2 Å². The first kappa shape index (κ1) is 20.5. The predicted octanol–water partition coefficient (Wildman–Crippen LogP) is 4.51. The van der Waals surface area contributed by atoms with Crippen molar-refractivity contribution in [3.8, 4) is 5.75 Å². The van der Waals surface area contributed by atoms with Crippen LogP contribution in [0, 0.1) is 0 Å². The Balaban J connectivity index is 1.90. The second-order valence-corrected chi connectivity index (χ2v) is 6.99. The molecule has 10 heteroatoms. The van der Waals surface area contributed by atoms with Crippen LogP contribution in [0.1, 0.15) is 19.4 Å². The maximum Gasteiger partial charge on any atom is 0.416 e. The van der Waals surface area contributed by atoms with Gasteiger partial charge in [0.05, 0.1) is 24.9 Å². The Labute approximate surface area is 165 Å². The molecule has 1 aromatic heterocycles. The summed E-state index contributed by atoms with van der Waals surface area (Å²) in [7, 11) is 1.30. The number of halogens is 4. The molecule has 0 bridgehead atoms. The number of nitrogens with one attached hydrogen (secondary N) is 1. The Hall–Kier alpha value is -2.26. The van der Waals surface area contributed by atoms with Gasteiger partial charge in [-0.15, -0.1) is 0 Å². The summed E-state index contributed by atoms with van der Waals surface area (Å²) in [6.07, 6.45) is -4.48. The zero-order valence-corrected chi connectivity index (χ0v) is 16.3. The van der Waals surface area contributed by atoms with Gasteiger partial charge in [0.15, 0.2) is 0 Å². The average Bonchev–Trinajstić information content (AvgIpc) is 2.59. The van der Waals surface area contributed by atoms with Crippen LogP contribution >= 0.6 is 11.6 Å². The Morgan fingerprint density at radius 1 is 1.14 bits per heavy atom. The molecule has 0 unspecified atom stereocenters. The molecule has 0 radical (unpaired) electrons. The topological polar surface area (TPSA) is 59.5 Å². The van der Waals surface area contributed by atoms with Gasteiger partial charge in [0.2, 0.25) is 5.95 Å². The van der Waals surface area contributed by atoms with E-state index in [-0.39, 0.29) is 34.7 Å². The van der Waals surface area contributed by atoms with Crippen LogP contribution in [0.25, 0.3) is 0 Å². The maximum atomic E-state index is 13.1. The third-order valence-corrected chi connectivity index (χ3v) is 4.34. The second-order valence-electron chi connectivity index (χ2n) is 6.61. The van der Waals surface area contributed by atoms with Crippen LogP contribution in [0.3, 0.4) is 0 Å². The van der Waals surface area contributed by atoms with E-state index in [1.54, 1.807) is 6.07 Å². The van der Waals surface area contributed by atoms with Gasteiger partial charge in [-0.05, 0) is 26.0 Å². The normalized spacial score (nSPS) is 20.2. The number of anilines is 3. The molecular formula is C18H20ClF3N4O2. The Morgan fingerprint density at radius 3 is 2.43 bits per heavy atom. The number of hydrogen-bond donors (Lipinski definition) is 1. The molecule has 0 amide bonds. The van der Waals surface area contributed by atoms with E-state index in [9.17, 15) is 13.2 Å². The third-order valence-electron chi connectivity index (χ3n) is 4.15. The summed E-state index contributed by atoms with van der Waals surface area (Å²) in [5, 5.41) is 2.97. The van der Waals surface area contributed by atoms with Crippen molar-refractivity contribution in [3.63, 3.8) is 0 Å². The van der Waals surface area contributed by atoms with Gasteiger partial charge in [-0.1, -0.05) is 11.6 Å². The average molecular weight is 417 g/mol. The number of rotatable bonds is 4. The van der Waals surface area contributed by atoms with Gasteiger partial charge in [0.25, 0.3) is 0 Å². The highest BCUT2D eigenvalue weighted by molar-refractivity contribution is 6.29. The molecule has 6 nitrogen and oxygen atoms in total. The molecule has 1 fully saturated rings. The van der Waals surface area contributed by atoms with Gasteiger partial charge in [0, 0.05) is 30.9 Å². The Morgan fingerprint density at radius 2 is 1.82 bits per heavy atom. The minimum atomic E-state index is -4.51. The number of aromatic nitrogens is 2. The van der Waals surface area contributed by atoms with E-state index in [2.05, 4.69) is 15.3 Å². The van der Waals surface area contributed by atoms with Crippen LogP contribution in [0.4, 0.5) is 30.6 Å². The predicted molar refractivity (Wildman–Crippen MR) is 101 cm³/mol. The minimum absolute atomic E-state index is 0.0154. The lowest BCUT2D eigenvalue weighted by molar-refractivity contribution is -0.137.